The SMILES string of the molecule is Cn1nncc1CNc1ccc(F)cc1Br. The van der Waals surface area contributed by atoms with Gasteiger partial charge in [-0.3, -0.25) is 4.68 Å². The highest BCUT2D eigenvalue weighted by Gasteiger charge is 2.03. The van der Waals surface area contributed by atoms with Crippen molar-refractivity contribution in [2.45, 2.75) is 6.54 Å². The zero-order valence-corrected chi connectivity index (χ0v) is 10.2. The van der Waals surface area contributed by atoms with Gasteiger partial charge in [0.25, 0.3) is 0 Å². The summed E-state index contributed by atoms with van der Waals surface area (Å²) in [6, 6.07) is 4.52. The molecule has 4 nitrogen and oxygen atoms in total. The standard InChI is InChI=1S/C10H10BrFN4/c1-16-8(6-14-15-16)5-13-10-3-2-7(12)4-9(10)11/h2-4,6,13H,5H2,1H3. The highest BCUT2D eigenvalue weighted by Crippen LogP contribution is 2.23. The van der Waals surface area contributed by atoms with Crippen LogP contribution in [0.1, 0.15) is 5.69 Å². The Bertz CT molecular complexity index is 497. The number of nitrogens with one attached hydrogen (secondary N) is 1. The topological polar surface area (TPSA) is 42.7 Å². The number of hydrogen-bond acceptors (Lipinski definition) is 3. The summed E-state index contributed by atoms with van der Waals surface area (Å²) in [6.45, 7) is 0.591. The Morgan fingerprint density at radius 1 is 1.50 bits per heavy atom. The fraction of sp³-hybridized carbons (Fsp3) is 0.200. The molecule has 0 radical (unpaired) electrons. The third kappa shape index (κ3) is 2.38. The van der Waals surface area contributed by atoms with Crippen molar-refractivity contribution < 1.29 is 4.39 Å². The van der Waals surface area contributed by atoms with Gasteiger partial charge in [0, 0.05) is 17.2 Å². The molecule has 0 saturated carbocycles. The molecule has 16 heavy (non-hydrogen) atoms. The Labute approximate surface area is 101 Å². The van der Waals surface area contributed by atoms with Crippen molar-refractivity contribution in [1.29, 1.82) is 0 Å². The Balaban J connectivity index is 2.08. The maximum absolute atomic E-state index is 12.8. The number of nitrogens with zero attached hydrogens (tertiary/aromatic N) is 3. The van der Waals surface area contributed by atoms with E-state index in [0.29, 0.717) is 11.0 Å². The van der Waals surface area contributed by atoms with E-state index >= 15 is 0 Å². The second kappa shape index (κ2) is 4.61. The van der Waals surface area contributed by atoms with Crippen LogP contribution < -0.4 is 5.32 Å². The van der Waals surface area contributed by atoms with Gasteiger partial charge < -0.3 is 5.32 Å². The van der Waals surface area contributed by atoms with E-state index in [0.717, 1.165) is 11.4 Å². The van der Waals surface area contributed by atoms with Crippen LogP contribution in [0.15, 0.2) is 28.9 Å². The van der Waals surface area contributed by atoms with Gasteiger partial charge in [-0.05, 0) is 34.1 Å². The fourth-order valence-corrected chi connectivity index (χ4v) is 1.78. The predicted molar refractivity (Wildman–Crippen MR) is 62.4 cm³/mol. The second-order valence-corrected chi connectivity index (χ2v) is 4.18. The Kier molecular flexibility index (Phi) is 3.19. The first kappa shape index (κ1) is 11.1. The van der Waals surface area contributed by atoms with E-state index in [1.165, 1.54) is 12.1 Å². The molecule has 0 amide bonds. The van der Waals surface area contributed by atoms with Crippen molar-refractivity contribution in [2.24, 2.45) is 7.05 Å². The van der Waals surface area contributed by atoms with E-state index in [1.54, 1.807) is 16.9 Å². The van der Waals surface area contributed by atoms with Gasteiger partial charge >= 0.3 is 0 Å². The Morgan fingerprint density at radius 3 is 2.94 bits per heavy atom. The lowest BCUT2D eigenvalue weighted by Gasteiger charge is -2.08. The first-order chi connectivity index (χ1) is 7.66. The molecule has 0 saturated heterocycles. The van der Waals surface area contributed by atoms with Crippen LogP contribution in [-0.4, -0.2) is 15.0 Å². The molecule has 2 rings (SSSR count). The number of rotatable bonds is 3. The normalized spacial score (nSPS) is 10.4. The number of hydrogen-bond donors (Lipinski definition) is 1. The first-order valence-electron chi connectivity index (χ1n) is 4.69. The van der Waals surface area contributed by atoms with Crippen molar-refractivity contribution in [3.05, 3.63) is 40.4 Å². The van der Waals surface area contributed by atoms with Crippen molar-refractivity contribution in [2.75, 3.05) is 5.32 Å². The summed E-state index contributed by atoms with van der Waals surface area (Å²) in [4.78, 5) is 0. The molecule has 2 aromatic rings. The highest BCUT2D eigenvalue weighted by atomic mass is 79.9. The predicted octanol–water partition coefficient (Wildman–Crippen LogP) is 2.33. The van der Waals surface area contributed by atoms with Crippen molar-refractivity contribution in [3.8, 4) is 0 Å². The molecule has 0 aliphatic heterocycles. The number of benzene rings is 1. The molecule has 0 aliphatic rings. The summed E-state index contributed by atoms with van der Waals surface area (Å²) in [5.41, 5.74) is 1.79. The van der Waals surface area contributed by atoms with Gasteiger partial charge in [-0.25, -0.2) is 4.39 Å². The lowest BCUT2D eigenvalue weighted by Crippen LogP contribution is -2.05. The summed E-state index contributed by atoms with van der Waals surface area (Å²) in [7, 11) is 1.82. The maximum Gasteiger partial charge on any atom is 0.124 e. The van der Waals surface area contributed by atoms with Crippen molar-refractivity contribution in [3.63, 3.8) is 0 Å². The summed E-state index contributed by atoms with van der Waals surface area (Å²) in [5.74, 6) is -0.264. The van der Waals surface area contributed by atoms with Gasteiger partial charge in [-0.1, -0.05) is 5.21 Å². The molecular formula is C10H10BrFN4. The maximum atomic E-state index is 12.8. The van der Waals surface area contributed by atoms with Crippen LogP contribution in [0.5, 0.6) is 0 Å². The lowest BCUT2D eigenvalue weighted by molar-refractivity contribution is 0.627. The summed E-state index contributed by atoms with van der Waals surface area (Å²) in [6.07, 6.45) is 1.68. The van der Waals surface area contributed by atoms with Crippen molar-refractivity contribution >= 4 is 21.6 Å². The Morgan fingerprint density at radius 2 is 2.31 bits per heavy atom. The lowest BCUT2D eigenvalue weighted by atomic mass is 10.3. The van der Waals surface area contributed by atoms with Crippen LogP contribution in [0, 0.1) is 5.82 Å². The van der Waals surface area contributed by atoms with Gasteiger partial charge in [-0.15, -0.1) is 5.10 Å². The van der Waals surface area contributed by atoms with Crippen LogP contribution >= 0.6 is 15.9 Å². The van der Waals surface area contributed by atoms with Gasteiger partial charge in [0.1, 0.15) is 5.82 Å². The average Bonchev–Trinajstić information content (AvgIpc) is 2.63. The van der Waals surface area contributed by atoms with Gasteiger partial charge in [0.2, 0.25) is 0 Å². The van der Waals surface area contributed by atoms with Gasteiger partial charge in [-0.2, -0.15) is 0 Å². The minimum Gasteiger partial charge on any atom is -0.378 e. The number of anilines is 1. The fourth-order valence-electron chi connectivity index (χ4n) is 1.29. The molecule has 0 fully saturated rings. The largest absolute Gasteiger partial charge is 0.378 e. The van der Waals surface area contributed by atoms with E-state index in [9.17, 15) is 4.39 Å². The highest BCUT2D eigenvalue weighted by molar-refractivity contribution is 9.10. The van der Waals surface area contributed by atoms with E-state index in [2.05, 4.69) is 31.6 Å². The number of aromatic nitrogens is 3. The zero-order valence-electron chi connectivity index (χ0n) is 8.61. The second-order valence-electron chi connectivity index (χ2n) is 3.33. The zero-order chi connectivity index (χ0) is 11.5. The Hall–Kier alpha value is -1.43. The molecule has 0 spiro atoms. The molecule has 1 aromatic heterocycles. The van der Waals surface area contributed by atoms with Gasteiger partial charge in [0.15, 0.2) is 0 Å². The van der Waals surface area contributed by atoms with Crippen LogP contribution in [0.2, 0.25) is 0 Å². The number of halogens is 2. The third-order valence-electron chi connectivity index (χ3n) is 2.20. The summed E-state index contributed by atoms with van der Waals surface area (Å²) >= 11 is 3.29. The molecule has 0 aliphatic carbocycles. The van der Waals surface area contributed by atoms with Crippen LogP contribution in [0.4, 0.5) is 10.1 Å². The average molecular weight is 285 g/mol. The summed E-state index contributed by atoms with van der Waals surface area (Å²) in [5, 5.41) is 10.8. The van der Waals surface area contributed by atoms with Crippen molar-refractivity contribution in [1.82, 2.24) is 15.0 Å². The minimum atomic E-state index is -0.264. The third-order valence-corrected chi connectivity index (χ3v) is 2.86. The van der Waals surface area contributed by atoms with E-state index in [4.69, 9.17) is 0 Å². The molecule has 84 valence electrons. The smallest absolute Gasteiger partial charge is 0.124 e. The molecule has 1 aromatic carbocycles. The molecule has 1 heterocycles. The first-order valence-corrected chi connectivity index (χ1v) is 5.48. The molecular weight excluding hydrogens is 275 g/mol. The van der Waals surface area contributed by atoms with Crippen LogP contribution in [0.3, 0.4) is 0 Å². The van der Waals surface area contributed by atoms with E-state index < -0.39 is 0 Å². The summed E-state index contributed by atoms with van der Waals surface area (Å²) < 4.78 is 15.2. The molecule has 0 atom stereocenters. The minimum absolute atomic E-state index is 0.264. The van der Waals surface area contributed by atoms with E-state index in [1.807, 2.05) is 7.05 Å². The van der Waals surface area contributed by atoms with E-state index in [-0.39, 0.29) is 5.82 Å². The quantitative estimate of drug-likeness (QED) is 0.941. The molecule has 0 bridgehead atoms. The molecule has 6 heteroatoms. The monoisotopic (exact) mass is 284 g/mol. The van der Waals surface area contributed by atoms with Crippen LogP contribution in [0.25, 0.3) is 0 Å². The number of aryl methyl sites for hydroxylation is 1. The van der Waals surface area contributed by atoms with Crippen LogP contribution in [-0.2, 0) is 13.6 Å². The van der Waals surface area contributed by atoms with Gasteiger partial charge in [0.05, 0.1) is 18.4 Å². The molecule has 1 N–H and O–H groups in total. The molecule has 0 unspecified atom stereocenters.